The van der Waals surface area contributed by atoms with E-state index < -0.39 is 11.5 Å². The molecular weight excluding hydrogens is 550 g/mol. The second kappa shape index (κ2) is 13.1. The van der Waals surface area contributed by atoms with Crippen LogP contribution >= 0.6 is 0 Å². The van der Waals surface area contributed by atoms with Gasteiger partial charge in [0.05, 0.1) is 0 Å². The largest absolute Gasteiger partial charge is 0.489 e. The van der Waals surface area contributed by atoms with E-state index in [1.165, 1.54) is 0 Å². The monoisotopic (exact) mass is 581 g/mol. The number of nitrogens with zero attached hydrogens (tertiary/aromatic N) is 1. The second-order valence-corrected chi connectivity index (χ2v) is 10.5. The minimum Gasteiger partial charge on any atom is -0.489 e. The first-order valence-electron chi connectivity index (χ1n) is 14.4. The third-order valence-electron chi connectivity index (χ3n) is 7.24. The lowest BCUT2D eigenvalue weighted by Crippen LogP contribution is -2.27. The van der Waals surface area contributed by atoms with E-state index >= 15 is 0 Å². The predicted molar refractivity (Wildman–Crippen MR) is 172 cm³/mol. The quantitative estimate of drug-likeness (QED) is 0.182. The number of carbonyl (C=O) groups is 1. The summed E-state index contributed by atoms with van der Waals surface area (Å²) in [6.45, 7) is 2.96. The minimum atomic E-state index is -0.422. The van der Waals surface area contributed by atoms with Gasteiger partial charge in [0.25, 0.3) is 11.5 Å². The van der Waals surface area contributed by atoms with E-state index in [0.29, 0.717) is 35.7 Å². The standard InChI is InChI=1S/C37H31N3O4/c1-25-14-16-29(17-15-25)33-32-13-8-18-38-34(32)37(42)40-35(33)36(41)39-22-28-19-30(43-23-26-9-4-2-5-10-26)21-31(20-28)44-24-27-11-6-3-7-12-27/h2-21H,22-24H2,1H3,(H,39,41)(H,40,42). The molecule has 1 amide bonds. The molecule has 7 nitrogen and oxygen atoms in total. The maximum atomic E-state index is 13.7. The van der Waals surface area contributed by atoms with Crippen molar-refractivity contribution in [3.63, 3.8) is 0 Å². The highest BCUT2D eigenvalue weighted by Crippen LogP contribution is 2.30. The fourth-order valence-corrected chi connectivity index (χ4v) is 5.00. The fourth-order valence-electron chi connectivity index (χ4n) is 5.00. The number of benzene rings is 4. The smallest absolute Gasteiger partial charge is 0.275 e. The molecule has 2 N–H and O–H groups in total. The topological polar surface area (TPSA) is 93.3 Å². The molecule has 0 aliphatic carbocycles. The maximum Gasteiger partial charge on any atom is 0.275 e. The first-order valence-corrected chi connectivity index (χ1v) is 14.4. The first kappa shape index (κ1) is 28.4. The number of amides is 1. The maximum absolute atomic E-state index is 13.7. The zero-order valence-corrected chi connectivity index (χ0v) is 24.2. The van der Waals surface area contributed by atoms with Crippen LogP contribution in [0.15, 0.2) is 126 Å². The van der Waals surface area contributed by atoms with Gasteiger partial charge in [0.15, 0.2) is 0 Å². The predicted octanol–water partition coefficient (Wildman–Crippen LogP) is 6.99. The molecule has 0 radical (unpaired) electrons. The van der Waals surface area contributed by atoms with Crippen molar-refractivity contribution < 1.29 is 14.3 Å². The van der Waals surface area contributed by atoms with Crippen LogP contribution in [0.4, 0.5) is 0 Å². The summed E-state index contributed by atoms with van der Waals surface area (Å²) in [6, 6.07) is 36.8. The summed E-state index contributed by atoms with van der Waals surface area (Å²) >= 11 is 0. The summed E-state index contributed by atoms with van der Waals surface area (Å²) in [4.78, 5) is 33.7. The highest BCUT2D eigenvalue weighted by Gasteiger charge is 2.19. The Labute approximate surface area is 255 Å². The van der Waals surface area contributed by atoms with Crippen molar-refractivity contribution in [2.45, 2.75) is 26.7 Å². The number of nitrogens with one attached hydrogen (secondary N) is 2. The summed E-state index contributed by atoms with van der Waals surface area (Å²) in [5.41, 5.74) is 5.42. The van der Waals surface area contributed by atoms with E-state index in [1.807, 2.05) is 116 Å². The number of H-pyrrole nitrogens is 1. The van der Waals surface area contributed by atoms with Crippen LogP contribution in [-0.4, -0.2) is 15.9 Å². The van der Waals surface area contributed by atoms with Crippen LogP contribution in [0.1, 0.15) is 32.7 Å². The van der Waals surface area contributed by atoms with E-state index in [9.17, 15) is 9.59 Å². The lowest BCUT2D eigenvalue weighted by molar-refractivity contribution is 0.0946. The average molecular weight is 582 g/mol. The van der Waals surface area contributed by atoms with Crippen LogP contribution in [0.5, 0.6) is 11.5 Å². The van der Waals surface area contributed by atoms with Crippen molar-refractivity contribution in [3.05, 3.63) is 160 Å². The Balaban J connectivity index is 1.28. The summed E-state index contributed by atoms with van der Waals surface area (Å²) in [6.07, 6.45) is 1.57. The lowest BCUT2D eigenvalue weighted by atomic mass is 9.98. The molecule has 0 bridgehead atoms. The fraction of sp³-hybridized carbons (Fsp3) is 0.108. The van der Waals surface area contributed by atoms with Gasteiger partial charge >= 0.3 is 0 Å². The van der Waals surface area contributed by atoms with Gasteiger partial charge in [-0.25, -0.2) is 0 Å². The van der Waals surface area contributed by atoms with E-state index in [-0.39, 0.29) is 17.8 Å². The molecule has 218 valence electrons. The molecule has 0 fully saturated rings. The summed E-state index contributed by atoms with van der Waals surface area (Å²) < 4.78 is 12.2. The molecule has 2 heterocycles. The van der Waals surface area contributed by atoms with Crippen molar-refractivity contribution in [1.29, 1.82) is 0 Å². The molecule has 4 aromatic carbocycles. The molecule has 2 aromatic heterocycles. The van der Waals surface area contributed by atoms with Gasteiger partial charge in [0, 0.05) is 29.8 Å². The number of aryl methyl sites for hydroxylation is 1. The van der Waals surface area contributed by atoms with E-state index in [2.05, 4.69) is 15.3 Å². The first-order chi connectivity index (χ1) is 21.5. The third kappa shape index (κ3) is 6.68. The SMILES string of the molecule is Cc1ccc(-c2c(C(=O)NCc3cc(OCc4ccccc4)cc(OCc4ccccc4)c3)[nH]c(=O)c3ncccc23)cc1. The normalized spacial score (nSPS) is 10.8. The van der Waals surface area contributed by atoms with Gasteiger partial charge in [0.1, 0.15) is 35.9 Å². The van der Waals surface area contributed by atoms with Crippen LogP contribution in [0.2, 0.25) is 0 Å². The zero-order valence-electron chi connectivity index (χ0n) is 24.2. The number of fused-ring (bicyclic) bond motifs is 1. The highest BCUT2D eigenvalue weighted by atomic mass is 16.5. The molecule has 0 aliphatic rings. The van der Waals surface area contributed by atoms with Gasteiger partial charge in [-0.2, -0.15) is 0 Å². The summed E-state index contributed by atoms with van der Waals surface area (Å²) in [7, 11) is 0. The number of carbonyl (C=O) groups excluding carboxylic acids is 1. The summed E-state index contributed by atoms with van der Waals surface area (Å²) in [5.74, 6) is 0.828. The van der Waals surface area contributed by atoms with Crippen LogP contribution < -0.4 is 20.3 Å². The lowest BCUT2D eigenvalue weighted by Gasteiger charge is -2.15. The second-order valence-electron chi connectivity index (χ2n) is 10.5. The van der Waals surface area contributed by atoms with Crippen molar-refractivity contribution in [2.24, 2.45) is 0 Å². The zero-order chi connectivity index (χ0) is 30.3. The van der Waals surface area contributed by atoms with E-state index in [1.54, 1.807) is 12.3 Å². The minimum absolute atomic E-state index is 0.177. The Hall–Kier alpha value is -5.69. The molecule has 0 unspecified atom stereocenters. The van der Waals surface area contributed by atoms with Gasteiger partial charge in [-0.1, -0.05) is 96.6 Å². The van der Waals surface area contributed by atoms with Gasteiger partial charge in [-0.15, -0.1) is 0 Å². The molecule has 0 saturated heterocycles. The molecule has 6 aromatic rings. The molecule has 0 spiro atoms. The Morgan fingerprint density at radius 3 is 1.98 bits per heavy atom. The van der Waals surface area contributed by atoms with Crippen molar-refractivity contribution in [2.75, 3.05) is 0 Å². The number of aromatic nitrogens is 2. The number of aromatic amines is 1. The molecule has 7 heteroatoms. The number of hydrogen-bond acceptors (Lipinski definition) is 5. The van der Waals surface area contributed by atoms with Crippen LogP contribution in [-0.2, 0) is 19.8 Å². The average Bonchev–Trinajstić information content (AvgIpc) is 3.07. The van der Waals surface area contributed by atoms with E-state index in [4.69, 9.17) is 9.47 Å². The van der Waals surface area contributed by atoms with Crippen LogP contribution in [0.3, 0.4) is 0 Å². The molecule has 0 atom stereocenters. The Morgan fingerprint density at radius 1 is 0.750 bits per heavy atom. The molecule has 44 heavy (non-hydrogen) atoms. The summed E-state index contributed by atoms with van der Waals surface area (Å²) in [5, 5.41) is 3.60. The van der Waals surface area contributed by atoms with Crippen molar-refractivity contribution in [1.82, 2.24) is 15.3 Å². The number of ether oxygens (including phenoxy) is 2. The Bertz CT molecular complexity index is 1890. The Morgan fingerprint density at radius 2 is 1.36 bits per heavy atom. The molecule has 0 saturated carbocycles. The highest BCUT2D eigenvalue weighted by molar-refractivity contribution is 6.07. The van der Waals surface area contributed by atoms with Crippen LogP contribution in [0.25, 0.3) is 22.0 Å². The number of rotatable bonds is 10. The van der Waals surface area contributed by atoms with Crippen molar-refractivity contribution in [3.8, 4) is 22.6 Å². The third-order valence-corrected chi connectivity index (χ3v) is 7.24. The van der Waals surface area contributed by atoms with Gasteiger partial charge in [-0.05, 0) is 47.4 Å². The molecule has 0 aliphatic heterocycles. The van der Waals surface area contributed by atoms with Gasteiger partial charge < -0.3 is 19.8 Å². The van der Waals surface area contributed by atoms with Gasteiger partial charge in [0.2, 0.25) is 0 Å². The number of hydrogen-bond donors (Lipinski definition) is 2. The molecule has 6 rings (SSSR count). The van der Waals surface area contributed by atoms with Gasteiger partial charge in [-0.3, -0.25) is 14.6 Å². The van der Waals surface area contributed by atoms with Crippen LogP contribution in [0, 0.1) is 6.92 Å². The molecular formula is C37H31N3O4. The van der Waals surface area contributed by atoms with E-state index in [0.717, 1.165) is 27.8 Å². The Kier molecular flexibility index (Phi) is 8.46. The number of pyridine rings is 2. The van der Waals surface area contributed by atoms with Crippen molar-refractivity contribution >= 4 is 16.8 Å².